The van der Waals surface area contributed by atoms with Crippen LogP contribution in [0.15, 0.2) is 18.5 Å². The van der Waals surface area contributed by atoms with Crippen molar-refractivity contribution < 1.29 is 9.90 Å². The fourth-order valence-electron chi connectivity index (χ4n) is 1.68. The third-order valence-electron chi connectivity index (χ3n) is 2.60. The van der Waals surface area contributed by atoms with Crippen LogP contribution in [0.4, 0.5) is 0 Å². The maximum atomic E-state index is 12.4. The van der Waals surface area contributed by atoms with Gasteiger partial charge in [-0.2, -0.15) is 0 Å². The van der Waals surface area contributed by atoms with E-state index >= 15 is 0 Å². The highest BCUT2D eigenvalue weighted by Crippen LogP contribution is 2.11. The molecular weight excluding hydrogens is 242 g/mol. The molecule has 1 aromatic rings. The molecule has 1 amide bonds. The Labute approximate surface area is 113 Å². The number of hydrogen-bond acceptors (Lipinski definition) is 4. The van der Waals surface area contributed by atoms with Gasteiger partial charge in [-0.3, -0.25) is 9.78 Å². The number of carbonyl (C=O) groups is 1. The van der Waals surface area contributed by atoms with Gasteiger partial charge in [-0.1, -0.05) is 11.8 Å². The van der Waals surface area contributed by atoms with E-state index in [2.05, 4.69) is 16.8 Å². The Morgan fingerprint density at radius 1 is 1.58 bits per heavy atom. The van der Waals surface area contributed by atoms with Gasteiger partial charge in [0.25, 0.3) is 5.91 Å². The van der Waals surface area contributed by atoms with E-state index in [9.17, 15) is 4.79 Å². The van der Waals surface area contributed by atoms with Crippen LogP contribution in [0, 0.1) is 11.8 Å². The second-order valence-corrected chi connectivity index (χ2v) is 4.24. The van der Waals surface area contributed by atoms with Crippen LogP contribution in [0.3, 0.4) is 0 Å². The predicted octanol–water partition coefficient (Wildman–Crippen LogP) is 0.235. The fraction of sp³-hybridized carbons (Fsp3) is 0.429. The lowest BCUT2D eigenvalue weighted by Crippen LogP contribution is -2.39. The first kappa shape index (κ1) is 15.2. The molecule has 0 aromatic carbocycles. The van der Waals surface area contributed by atoms with Crippen molar-refractivity contribution in [3.63, 3.8) is 0 Å². The topological polar surface area (TPSA) is 79.5 Å². The molecule has 1 rings (SSSR count). The van der Waals surface area contributed by atoms with Gasteiger partial charge in [-0.05, 0) is 19.9 Å². The van der Waals surface area contributed by atoms with E-state index in [0.29, 0.717) is 17.7 Å². The van der Waals surface area contributed by atoms with Gasteiger partial charge in [0.05, 0.1) is 24.3 Å². The number of amides is 1. The van der Waals surface area contributed by atoms with Crippen molar-refractivity contribution in [2.45, 2.75) is 19.9 Å². The molecule has 19 heavy (non-hydrogen) atoms. The molecule has 0 saturated carbocycles. The standard InChI is InChI=1S/C14H19N3O2/c1-11(2)17(8-9-18)14(19)13-5-7-16-10-12(13)4-3-6-15/h5,7,10-11,18H,6,8-9,15H2,1-2H3. The van der Waals surface area contributed by atoms with Crippen LogP contribution in [0.1, 0.15) is 29.8 Å². The fourth-order valence-corrected chi connectivity index (χ4v) is 1.68. The van der Waals surface area contributed by atoms with Crippen molar-refractivity contribution in [2.75, 3.05) is 19.7 Å². The van der Waals surface area contributed by atoms with Gasteiger partial charge in [0.2, 0.25) is 0 Å². The van der Waals surface area contributed by atoms with Crippen LogP contribution < -0.4 is 5.73 Å². The van der Waals surface area contributed by atoms with Gasteiger partial charge in [0, 0.05) is 25.0 Å². The molecule has 5 nitrogen and oxygen atoms in total. The Hall–Kier alpha value is -1.90. The highest BCUT2D eigenvalue weighted by Gasteiger charge is 2.20. The Bertz CT molecular complexity index is 489. The molecule has 1 aromatic heterocycles. The average molecular weight is 261 g/mol. The summed E-state index contributed by atoms with van der Waals surface area (Å²) in [5.41, 5.74) is 6.38. The van der Waals surface area contributed by atoms with E-state index in [1.807, 2.05) is 13.8 Å². The monoisotopic (exact) mass is 261 g/mol. The molecular formula is C14H19N3O2. The first-order valence-corrected chi connectivity index (χ1v) is 6.16. The number of pyridine rings is 1. The van der Waals surface area contributed by atoms with Gasteiger partial charge in [0.15, 0.2) is 0 Å². The van der Waals surface area contributed by atoms with E-state index in [1.54, 1.807) is 23.4 Å². The number of aliphatic hydroxyl groups is 1. The van der Waals surface area contributed by atoms with E-state index in [4.69, 9.17) is 10.8 Å². The molecule has 0 spiro atoms. The zero-order chi connectivity index (χ0) is 14.3. The van der Waals surface area contributed by atoms with Crippen LogP contribution in [-0.4, -0.2) is 46.6 Å². The van der Waals surface area contributed by atoms with Gasteiger partial charge in [-0.15, -0.1) is 0 Å². The predicted molar refractivity (Wildman–Crippen MR) is 73.4 cm³/mol. The first-order valence-electron chi connectivity index (χ1n) is 6.16. The smallest absolute Gasteiger partial charge is 0.255 e. The zero-order valence-electron chi connectivity index (χ0n) is 11.3. The van der Waals surface area contributed by atoms with Gasteiger partial charge < -0.3 is 15.7 Å². The molecule has 3 N–H and O–H groups in total. The zero-order valence-corrected chi connectivity index (χ0v) is 11.3. The van der Waals surface area contributed by atoms with E-state index in [-0.39, 0.29) is 25.1 Å². The third kappa shape index (κ3) is 4.05. The minimum absolute atomic E-state index is 0.00290. The summed E-state index contributed by atoms with van der Waals surface area (Å²) in [6.45, 7) is 4.26. The lowest BCUT2D eigenvalue weighted by Gasteiger charge is -2.26. The summed E-state index contributed by atoms with van der Waals surface area (Å²) in [5, 5.41) is 9.04. The Morgan fingerprint density at radius 2 is 2.32 bits per heavy atom. The SMILES string of the molecule is CC(C)N(CCO)C(=O)c1ccncc1C#CCN. The summed E-state index contributed by atoms with van der Waals surface area (Å²) in [6.07, 6.45) is 3.10. The van der Waals surface area contributed by atoms with Crippen molar-refractivity contribution in [2.24, 2.45) is 5.73 Å². The third-order valence-corrected chi connectivity index (χ3v) is 2.60. The summed E-state index contributed by atoms with van der Waals surface area (Å²) in [7, 11) is 0. The second-order valence-electron chi connectivity index (χ2n) is 4.24. The average Bonchev–Trinajstić information content (AvgIpc) is 2.41. The van der Waals surface area contributed by atoms with Gasteiger partial charge >= 0.3 is 0 Å². The quantitative estimate of drug-likeness (QED) is 0.761. The van der Waals surface area contributed by atoms with Crippen molar-refractivity contribution in [1.82, 2.24) is 9.88 Å². The molecule has 0 atom stereocenters. The summed E-state index contributed by atoms with van der Waals surface area (Å²) < 4.78 is 0. The van der Waals surface area contributed by atoms with Crippen molar-refractivity contribution in [3.8, 4) is 11.8 Å². The number of nitrogens with zero attached hydrogens (tertiary/aromatic N) is 2. The Kier molecular flexibility index (Phi) is 6.00. The molecule has 0 aliphatic carbocycles. The summed E-state index contributed by atoms with van der Waals surface area (Å²) in [5.74, 6) is 5.40. The minimum Gasteiger partial charge on any atom is -0.395 e. The lowest BCUT2D eigenvalue weighted by molar-refractivity contribution is 0.0665. The van der Waals surface area contributed by atoms with Gasteiger partial charge in [-0.25, -0.2) is 0 Å². The molecule has 102 valence electrons. The largest absolute Gasteiger partial charge is 0.395 e. The molecule has 0 radical (unpaired) electrons. The number of rotatable bonds is 4. The van der Waals surface area contributed by atoms with Crippen molar-refractivity contribution in [1.29, 1.82) is 0 Å². The van der Waals surface area contributed by atoms with Crippen molar-refractivity contribution >= 4 is 5.91 Å². The molecule has 0 unspecified atom stereocenters. The summed E-state index contributed by atoms with van der Waals surface area (Å²) in [6, 6.07) is 1.64. The molecule has 0 aliphatic heterocycles. The molecule has 1 heterocycles. The maximum Gasteiger partial charge on any atom is 0.255 e. The maximum absolute atomic E-state index is 12.4. The van der Waals surface area contributed by atoms with Gasteiger partial charge in [0.1, 0.15) is 0 Å². The molecule has 0 saturated heterocycles. The van der Waals surface area contributed by atoms with E-state index in [0.717, 1.165) is 0 Å². The number of nitrogens with two attached hydrogens (primary N) is 1. The van der Waals surface area contributed by atoms with Crippen molar-refractivity contribution in [3.05, 3.63) is 29.6 Å². The first-order chi connectivity index (χ1) is 9.11. The molecule has 0 fully saturated rings. The van der Waals surface area contributed by atoms with Crippen LogP contribution in [-0.2, 0) is 0 Å². The number of carbonyl (C=O) groups excluding carboxylic acids is 1. The highest BCUT2D eigenvalue weighted by molar-refractivity contribution is 5.96. The lowest BCUT2D eigenvalue weighted by atomic mass is 10.1. The Morgan fingerprint density at radius 3 is 2.89 bits per heavy atom. The van der Waals surface area contributed by atoms with Crippen LogP contribution in [0.5, 0.6) is 0 Å². The number of aromatic nitrogens is 1. The summed E-state index contributed by atoms with van der Waals surface area (Å²) in [4.78, 5) is 18.0. The van der Waals surface area contributed by atoms with Crippen LogP contribution >= 0.6 is 0 Å². The highest BCUT2D eigenvalue weighted by atomic mass is 16.3. The van der Waals surface area contributed by atoms with Crippen LogP contribution in [0.25, 0.3) is 0 Å². The molecule has 0 bridgehead atoms. The minimum atomic E-state index is -0.159. The second kappa shape index (κ2) is 7.52. The number of aliphatic hydroxyl groups excluding tert-OH is 1. The molecule has 0 aliphatic rings. The Balaban J connectivity index is 3.10. The molecule has 5 heteroatoms. The summed E-state index contributed by atoms with van der Waals surface area (Å²) >= 11 is 0. The van der Waals surface area contributed by atoms with E-state index in [1.165, 1.54) is 0 Å². The van der Waals surface area contributed by atoms with E-state index < -0.39 is 0 Å². The normalized spacial score (nSPS) is 9.95. The number of hydrogen-bond donors (Lipinski definition) is 2. The van der Waals surface area contributed by atoms with Crippen LogP contribution in [0.2, 0.25) is 0 Å².